The van der Waals surface area contributed by atoms with Gasteiger partial charge >= 0.3 is 6.09 Å². The van der Waals surface area contributed by atoms with Gasteiger partial charge in [-0.05, 0) is 68.7 Å². The van der Waals surface area contributed by atoms with Crippen molar-refractivity contribution in [1.29, 1.82) is 5.26 Å². The third-order valence-electron chi connectivity index (χ3n) is 6.88. The number of fused-ring (bicyclic) bond motifs is 1. The van der Waals surface area contributed by atoms with E-state index in [2.05, 4.69) is 16.7 Å². The molecule has 2 N–H and O–H groups in total. The van der Waals surface area contributed by atoms with Gasteiger partial charge in [0.05, 0.1) is 12.1 Å². The normalized spacial score (nSPS) is 13.1. The largest absolute Gasteiger partial charge is 0.484 e. The number of thioether (sulfide) groups is 1. The number of carbonyl (C=O) groups excluding carboxylic acids is 3. The van der Waals surface area contributed by atoms with Crippen LogP contribution in [0.2, 0.25) is 0 Å². The number of rotatable bonds is 9. The zero-order valence-electron chi connectivity index (χ0n) is 25.7. The average molecular weight is 655 g/mol. The minimum absolute atomic E-state index is 0.141. The van der Waals surface area contributed by atoms with Crippen molar-refractivity contribution in [3.8, 4) is 11.8 Å². The van der Waals surface area contributed by atoms with E-state index in [4.69, 9.17) is 9.47 Å². The van der Waals surface area contributed by atoms with E-state index < -0.39 is 16.9 Å². The van der Waals surface area contributed by atoms with Crippen molar-refractivity contribution in [3.63, 3.8) is 0 Å². The number of carbonyl (C=O) groups is 3. The Kier molecular flexibility index (Phi) is 10.3. The molecule has 236 valence electrons. The summed E-state index contributed by atoms with van der Waals surface area (Å²) in [6.45, 7) is 6.06. The van der Waals surface area contributed by atoms with Gasteiger partial charge in [0.15, 0.2) is 6.61 Å². The highest BCUT2D eigenvalue weighted by Crippen LogP contribution is 2.41. The van der Waals surface area contributed by atoms with Crippen molar-refractivity contribution in [1.82, 2.24) is 4.90 Å². The fraction of sp³-hybridized carbons (Fsp3) is 0.257. The fourth-order valence-corrected chi connectivity index (χ4v) is 7.12. The predicted octanol–water partition coefficient (Wildman–Crippen LogP) is 7.40. The molecule has 5 rings (SSSR count). The number of thiophene rings is 1. The van der Waals surface area contributed by atoms with Crippen molar-refractivity contribution < 1.29 is 23.9 Å². The molecule has 1 atom stereocenters. The van der Waals surface area contributed by atoms with E-state index >= 15 is 0 Å². The van der Waals surface area contributed by atoms with Gasteiger partial charge in [-0.15, -0.1) is 23.1 Å². The van der Waals surface area contributed by atoms with Gasteiger partial charge in [0.1, 0.15) is 27.7 Å². The van der Waals surface area contributed by atoms with Crippen molar-refractivity contribution in [2.45, 2.75) is 49.5 Å². The lowest BCUT2D eigenvalue weighted by Gasteiger charge is -2.29. The van der Waals surface area contributed by atoms with Crippen LogP contribution in [0.15, 0.2) is 89.8 Å². The average Bonchev–Trinajstić information content (AvgIpc) is 3.39. The van der Waals surface area contributed by atoms with Crippen molar-refractivity contribution in [3.05, 3.63) is 106 Å². The number of hydrogen-bond acceptors (Lipinski definition) is 8. The predicted molar refractivity (Wildman–Crippen MR) is 180 cm³/mol. The van der Waals surface area contributed by atoms with Gasteiger partial charge in [-0.25, -0.2) is 4.79 Å². The van der Waals surface area contributed by atoms with Crippen LogP contribution in [0.1, 0.15) is 47.6 Å². The Morgan fingerprint density at radius 3 is 2.41 bits per heavy atom. The number of benzene rings is 3. The third kappa shape index (κ3) is 8.47. The maximum atomic E-state index is 13.9. The number of nitriles is 1. The van der Waals surface area contributed by atoms with Crippen LogP contribution in [0, 0.1) is 11.3 Å². The van der Waals surface area contributed by atoms with Gasteiger partial charge < -0.3 is 25.0 Å². The van der Waals surface area contributed by atoms with Gasteiger partial charge in [0, 0.05) is 22.0 Å². The van der Waals surface area contributed by atoms with Gasteiger partial charge in [0.2, 0.25) is 5.91 Å². The van der Waals surface area contributed by atoms with E-state index in [1.807, 2.05) is 87.5 Å². The van der Waals surface area contributed by atoms with Crippen LogP contribution in [-0.4, -0.2) is 41.6 Å². The van der Waals surface area contributed by atoms with Gasteiger partial charge in [-0.3, -0.25) is 9.59 Å². The molecule has 0 radical (unpaired) electrons. The second-order valence-corrected chi connectivity index (χ2v) is 13.8. The summed E-state index contributed by atoms with van der Waals surface area (Å²) in [5.41, 5.74) is 2.02. The molecular weight excluding hydrogens is 621 g/mol. The van der Waals surface area contributed by atoms with Crippen LogP contribution in [0.5, 0.6) is 5.75 Å². The Hall–Kier alpha value is -4.79. The lowest BCUT2D eigenvalue weighted by Crippen LogP contribution is -2.39. The minimum atomic E-state index is -0.655. The van der Waals surface area contributed by atoms with Crippen LogP contribution < -0.4 is 15.4 Å². The van der Waals surface area contributed by atoms with E-state index in [0.29, 0.717) is 41.5 Å². The first-order chi connectivity index (χ1) is 22.1. The van der Waals surface area contributed by atoms with Crippen LogP contribution in [-0.2, 0) is 27.3 Å². The Morgan fingerprint density at radius 1 is 1.00 bits per heavy atom. The molecule has 0 spiro atoms. The molecule has 1 unspecified atom stereocenters. The number of para-hydroxylation sites is 1. The first-order valence-electron chi connectivity index (χ1n) is 14.7. The molecule has 1 aliphatic heterocycles. The molecule has 0 bridgehead atoms. The zero-order valence-corrected chi connectivity index (χ0v) is 27.4. The van der Waals surface area contributed by atoms with E-state index in [1.54, 1.807) is 23.1 Å². The van der Waals surface area contributed by atoms with Crippen molar-refractivity contribution in [2.75, 3.05) is 23.8 Å². The topological polar surface area (TPSA) is 121 Å². The Morgan fingerprint density at radius 2 is 1.72 bits per heavy atom. The molecule has 3 amide bonds. The fourth-order valence-electron chi connectivity index (χ4n) is 4.82. The Balaban J connectivity index is 1.30. The molecule has 9 nitrogen and oxygen atoms in total. The molecule has 46 heavy (non-hydrogen) atoms. The minimum Gasteiger partial charge on any atom is -0.484 e. The standard InChI is InChI=1S/C35H34N4O5S2/c1-35(2,3)44-34(42)39-18-17-27-28(20-36)33(46-29(27)21-39)38-32(41)31(23-11-6-4-7-12-23)45-26-16-10-13-24(19-26)37-30(40)22-43-25-14-8-5-9-15-25/h4-16,19,31H,17-18,21-22H2,1-3H3,(H,37,40)(H,38,41). The molecule has 4 aromatic rings. The number of nitrogens with one attached hydrogen (secondary N) is 2. The number of amides is 3. The monoisotopic (exact) mass is 654 g/mol. The summed E-state index contributed by atoms with van der Waals surface area (Å²) in [5.74, 6) is 0.00506. The van der Waals surface area contributed by atoms with Gasteiger partial charge in [-0.1, -0.05) is 54.6 Å². The van der Waals surface area contributed by atoms with Crippen LogP contribution in [0.25, 0.3) is 0 Å². The molecule has 11 heteroatoms. The molecule has 2 heterocycles. The lowest BCUT2D eigenvalue weighted by atomic mass is 10.0. The first kappa shape index (κ1) is 32.6. The summed E-state index contributed by atoms with van der Waals surface area (Å²) >= 11 is 2.65. The van der Waals surface area contributed by atoms with E-state index in [-0.39, 0.29) is 18.4 Å². The van der Waals surface area contributed by atoms with E-state index in [0.717, 1.165) is 20.9 Å². The second kappa shape index (κ2) is 14.5. The van der Waals surface area contributed by atoms with E-state index in [9.17, 15) is 19.6 Å². The summed E-state index contributed by atoms with van der Waals surface area (Å²) < 4.78 is 11.1. The highest BCUT2D eigenvalue weighted by Gasteiger charge is 2.31. The van der Waals surface area contributed by atoms with Crippen LogP contribution in [0.3, 0.4) is 0 Å². The summed E-state index contributed by atoms with van der Waals surface area (Å²) in [6, 6.07) is 28.0. The lowest BCUT2D eigenvalue weighted by molar-refractivity contribution is -0.118. The molecule has 0 saturated carbocycles. The van der Waals surface area contributed by atoms with Crippen LogP contribution in [0.4, 0.5) is 15.5 Å². The van der Waals surface area contributed by atoms with Gasteiger partial charge in [0.25, 0.3) is 5.91 Å². The molecule has 0 fully saturated rings. The van der Waals surface area contributed by atoms with E-state index in [1.165, 1.54) is 23.1 Å². The molecule has 1 aromatic heterocycles. The number of hydrogen-bond donors (Lipinski definition) is 2. The highest BCUT2D eigenvalue weighted by molar-refractivity contribution is 8.00. The molecule has 1 aliphatic rings. The van der Waals surface area contributed by atoms with Crippen LogP contribution >= 0.6 is 23.1 Å². The van der Waals surface area contributed by atoms with Gasteiger partial charge in [-0.2, -0.15) is 5.26 Å². The molecule has 0 saturated heterocycles. The summed E-state index contributed by atoms with van der Waals surface area (Å²) in [6.07, 6.45) is 0.0913. The Labute approximate surface area is 276 Å². The smallest absolute Gasteiger partial charge is 0.410 e. The first-order valence-corrected chi connectivity index (χ1v) is 16.4. The van der Waals surface area contributed by atoms with Crippen molar-refractivity contribution >= 4 is 51.7 Å². The third-order valence-corrected chi connectivity index (χ3v) is 9.26. The maximum absolute atomic E-state index is 13.9. The maximum Gasteiger partial charge on any atom is 0.410 e. The molecule has 0 aliphatic carbocycles. The number of nitrogens with zero attached hydrogens (tertiary/aromatic N) is 2. The quantitative estimate of drug-likeness (QED) is 0.180. The number of anilines is 2. The summed E-state index contributed by atoms with van der Waals surface area (Å²) in [7, 11) is 0. The SMILES string of the molecule is CC(C)(C)OC(=O)N1CCc2c(sc(NC(=O)C(Sc3cccc(NC(=O)COc4ccccc4)c3)c3ccccc3)c2C#N)C1. The van der Waals surface area contributed by atoms with Crippen molar-refractivity contribution in [2.24, 2.45) is 0 Å². The Bertz CT molecular complexity index is 1750. The second-order valence-electron chi connectivity index (χ2n) is 11.5. The highest BCUT2D eigenvalue weighted by atomic mass is 32.2. The molecule has 3 aromatic carbocycles. The number of ether oxygens (including phenoxy) is 2. The summed E-state index contributed by atoms with van der Waals surface area (Å²) in [4.78, 5) is 42.4. The summed E-state index contributed by atoms with van der Waals surface area (Å²) in [5, 5.41) is 15.7. The zero-order chi connectivity index (χ0) is 32.7. The molecular formula is C35H34N4O5S2.